The Morgan fingerprint density at radius 1 is 0.708 bits per heavy atom. The van der Waals surface area contributed by atoms with E-state index in [-0.39, 0.29) is 0 Å². The molecule has 0 atom stereocenters. The zero-order valence-electron chi connectivity index (χ0n) is 14.5. The van der Waals surface area contributed by atoms with E-state index < -0.39 is 0 Å². The molecule has 5 aromatic rings. The summed E-state index contributed by atoms with van der Waals surface area (Å²) in [5, 5.41) is 3.36. The fourth-order valence-electron chi connectivity index (χ4n) is 2.96. The van der Waals surface area contributed by atoms with Gasteiger partial charge in [0.05, 0.1) is 16.6 Å². The fraction of sp³-hybridized carbons (Fsp3) is 0.200. The number of H-pyrrole nitrogens is 2. The van der Waals surface area contributed by atoms with Crippen LogP contribution in [0.1, 0.15) is 27.7 Å². The van der Waals surface area contributed by atoms with Gasteiger partial charge in [-0.05, 0) is 12.1 Å². The van der Waals surface area contributed by atoms with Gasteiger partial charge in [-0.25, -0.2) is 0 Å². The number of pyridine rings is 2. The molecule has 0 aliphatic rings. The number of benzene rings is 1. The molecule has 24 heavy (non-hydrogen) atoms. The second-order valence-electron chi connectivity index (χ2n) is 4.99. The van der Waals surface area contributed by atoms with Crippen molar-refractivity contribution in [3.63, 3.8) is 0 Å². The third-order valence-corrected chi connectivity index (χ3v) is 3.89. The third-order valence-electron chi connectivity index (χ3n) is 3.89. The Labute approximate surface area is 140 Å². The van der Waals surface area contributed by atoms with Crippen LogP contribution in [0, 0.1) is 0 Å². The van der Waals surface area contributed by atoms with Gasteiger partial charge in [0.15, 0.2) is 0 Å². The average Bonchev–Trinajstić information content (AvgIpc) is 3.23. The molecule has 0 saturated heterocycles. The summed E-state index contributed by atoms with van der Waals surface area (Å²) in [6.07, 6.45) is 5.61. The first-order valence-electron chi connectivity index (χ1n) is 8.52. The summed E-state index contributed by atoms with van der Waals surface area (Å²) in [6, 6.07) is 10.2. The molecule has 0 amide bonds. The highest BCUT2D eigenvalue weighted by atomic mass is 14.8. The summed E-state index contributed by atoms with van der Waals surface area (Å²) < 4.78 is 0. The molecule has 0 unspecified atom stereocenters. The first kappa shape index (κ1) is 16.0. The zero-order valence-corrected chi connectivity index (χ0v) is 14.5. The number of hydrogen-bond donors (Lipinski definition) is 2. The Morgan fingerprint density at radius 3 is 2.25 bits per heavy atom. The van der Waals surface area contributed by atoms with Crippen molar-refractivity contribution in [1.29, 1.82) is 0 Å². The number of fused-ring (bicyclic) bond motifs is 7. The van der Waals surface area contributed by atoms with Gasteiger partial charge in [0.1, 0.15) is 0 Å². The lowest BCUT2D eigenvalue weighted by Crippen LogP contribution is -1.77. The van der Waals surface area contributed by atoms with Gasteiger partial charge in [-0.3, -0.25) is 9.97 Å². The van der Waals surface area contributed by atoms with Crippen molar-refractivity contribution in [1.82, 2.24) is 19.9 Å². The number of hydrogen-bond acceptors (Lipinski definition) is 2. The maximum atomic E-state index is 4.64. The van der Waals surface area contributed by atoms with Crippen LogP contribution in [0.15, 0.2) is 48.9 Å². The fourth-order valence-corrected chi connectivity index (χ4v) is 2.96. The van der Waals surface area contributed by atoms with Crippen molar-refractivity contribution < 1.29 is 0 Å². The Bertz CT molecular complexity index is 1010. The molecule has 122 valence electrons. The summed E-state index contributed by atoms with van der Waals surface area (Å²) in [5.74, 6) is 0. The molecule has 0 spiro atoms. The van der Waals surface area contributed by atoms with Crippen molar-refractivity contribution >= 4 is 43.7 Å². The molecule has 5 rings (SSSR count). The molecular formula is C20H22N4. The monoisotopic (exact) mass is 318 g/mol. The number of para-hydroxylation sites is 1. The molecular weight excluding hydrogens is 296 g/mol. The van der Waals surface area contributed by atoms with Crippen molar-refractivity contribution in [3.05, 3.63) is 48.9 Å². The van der Waals surface area contributed by atoms with Crippen LogP contribution in [-0.2, 0) is 0 Å². The second-order valence-corrected chi connectivity index (χ2v) is 4.99. The minimum absolute atomic E-state index is 1.01. The highest BCUT2D eigenvalue weighted by molar-refractivity contribution is 6.19. The van der Waals surface area contributed by atoms with E-state index in [1.165, 1.54) is 0 Å². The van der Waals surface area contributed by atoms with Gasteiger partial charge < -0.3 is 9.97 Å². The van der Waals surface area contributed by atoms with E-state index in [0.29, 0.717) is 0 Å². The Balaban J connectivity index is 0.000000396. The zero-order chi connectivity index (χ0) is 17.1. The van der Waals surface area contributed by atoms with Crippen molar-refractivity contribution in [2.75, 3.05) is 0 Å². The van der Waals surface area contributed by atoms with Crippen LogP contribution in [0.2, 0.25) is 0 Å². The molecule has 2 N–H and O–H groups in total. The smallest absolute Gasteiger partial charge is 0.0979 e. The van der Waals surface area contributed by atoms with Crippen molar-refractivity contribution in [2.45, 2.75) is 27.7 Å². The lowest BCUT2D eigenvalue weighted by molar-refractivity contribution is 1.36. The Hall–Kier alpha value is -2.88. The summed E-state index contributed by atoms with van der Waals surface area (Å²) in [4.78, 5) is 15.8. The number of aromatic nitrogens is 4. The van der Waals surface area contributed by atoms with Gasteiger partial charge >= 0.3 is 0 Å². The first-order chi connectivity index (χ1) is 11.9. The van der Waals surface area contributed by atoms with Crippen LogP contribution in [0.5, 0.6) is 0 Å². The van der Waals surface area contributed by atoms with E-state index >= 15 is 0 Å². The number of nitrogens with zero attached hydrogens (tertiary/aromatic N) is 2. The molecule has 1 aromatic carbocycles. The van der Waals surface area contributed by atoms with Crippen molar-refractivity contribution in [3.8, 4) is 0 Å². The van der Waals surface area contributed by atoms with Gasteiger partial charge in [-0.1, -0.05) is 45.9 Å². The summed E-state index contributed by atoms with van der Waals surface area (Å²) in [6.45, 7) is 8.00. The average molecular weight is 318 g/mol. The SMILES string of the molecule is CC.CC.c1ccc2c(c1)[nH]c1c2ncc2c3cnccc3[nH]c21. The van der Waals surface area contributed by atoms with E-state index in [1.54, 1.807) is 6.20 Å². The molecule has 4 heteroatoms. The molecule has 0 saturated carbocycles. The predicted molar refractivity (Wildman–Crippen MR) is 103 cm³/mol. The maximum Gasteiger partial charge on any atom is 0.0979 e. The lowest BCUT2D eigenvalue weighted by atomic mass is 10.2. The quantitative estimate of drug-likeness (QED) is 0.379. The van der Waals surface area contributed by atoms with E-state index in [4.69, 9.17) is 0 Å². The number of aromatic amines is 2. The first-order valence-corrected chi connectivity index (χ1v) is 8.52. The lowest BCUT2D eigenvalue weighted by Gasteiger charge is -1.93. The topological polar surface area (TPSA) is 57.4 Å². The largest absolute Gasteiger partial charge is 0.353 e. The normalized spacial score (nSPS) is 10.5. The molecule has 0 radical (unpaired) electrons. The molecule has 0 bridgehead atoms. The van der Waals surface area contributed by atoms with Crippen LogP contribution in [0.25, 0.3) is 43.7 Å². The van der Waals surface area contributed by atoms with E-state index in [2.05, 4.69) is 32.1 Å². The molecule has 4 heterocycles. The molecule has 0 aliphatic heterocycles. The number of rotatable bonds is 0. The van der Waals surface area contributed by atoms with Gasteiger partial charge in [0.2, 0.25) is 0 Å². The molecule has 4 aromatic heterocycles. The Morgan fingerprint density at radius 2 is 1.42 bits per heavy atom. The van der Waals surface area contributed by atoms with Gasteiger partial charge in [-0.2, -0.15) is 0 Å². The minimum Gasteiger partial charge on any atom is -0.353 e. The number of nitrogens with one attached hydrogen (secondary N) is 2. The third kappa shape index (κ3) is 2.31. The maximum absolute atomic E-state index is 4.64. The van der Waals surface area contributed by atoms with Gasteiger partial charge in [0, 0.05) is 45.8 Å². The van der Waals surface area contributed by atoms with Gasteiger partial charge in [-0.15, -0.1) is 0 Å². The van der Waals surface area contributed by atoms with Crippen molar-refractivity contribution in [2.24, 2.45) is 0 Å². The van der Waals surface area contributed by atoms with Crippen LogP contribution >= 0.6 is 0 Å². The van der Waals surface area contributed by atoms with Crippen LogP contribution in [0.3, 0.4) is 0 Å². The van der Waals surface area contributed by atoms with E-state index in [0.717, 1.165) is 43.7 Å². The minimum atomic E-state index is 1.01. The predicted octanol–water partition coefficient (Wildman–Crippen LogP) is 5.80. The summed E-state index contributed by atoms with van der Waals surface area (Å²) in [5.41, 5.74) is 5.35. The highest BCUT2D eigenvalue weighted by Gasteiger charge is 2.12. The van der Waals surface area contributed by atoms with E-state index in [1.807, 2.05) is 58.3 Å². The molecule has 0 aliphatic carbocycles. The van der Waals surface area contributed by atoms with Crippen LogP contribution < -0.4 is 0 Å². The molecule has 4 nitrogen and oxygen atoms in total. The van der Waals surface area contributed by atoms with Crippen LogP contribution in [-0.4, -0.2) is 19.9 Å². The van der Waals surface area contributed by atoms with Crippen LogP contribution in [0.4, 0.5) is 0 Å². The Kier molecular flexibility index (Phi) is 4.47. The molecule has 0 fully saturated rings. The summed E-state index contributed by atoms with van der Waals surface area (Å²) >= 11 is 0. The van der Waals surface area contributed by atoms with Gasteiger partial charge in [0.25, 0.3) is 0 Å². The summed E-state index contributed by atoms with van der Waals surface area (Å²) in [7, 11) is 0. The second kappa shape index (κ2) is 6.71. The highest BCUT2D eigenvalue weighted by Crippen LogP contribution is 2.32. The standard InChI is InChI=1S/C16H10N4.2C2H6/c1-2-4-12-9(3-1)14-16(20-12)15-11(8-18-14)10-7-17-6-5-13(10)19-15;2*1-2/h1-8,19-20H;2*1-2H3. The van der Waals surface area contributed by atoms with E-state index in [9.17, 15) is 0 Å².